The maximum absolute atomic E-state index is 14.2. The van der Waals surface area contributed by atoms with Gasteiger partial charge in [-0.3, -0.25) is 0 Å². The normalized spacial score (nSPS) is 17.8. The van der Waals surface area contributed by atoms with Crippen molar-refractivity contribution in [3.63, 3.8) is 0 Å². The molecule has 0 N–H and O–H groups in total. The zero-order valence-electron chi connectivity index (χ0n) is 19.2. The molecule has 1 heterocycles. The lowest BCUT2D eigenvalue weighted by Crippen LogP contribution is -2.05. The number of benzene rings is 3. The summed E-state index contributed by atoms with van der Waals surface area (Å²) in [6, 6.07) is 19.2. The lowest BCUT2D eigenvalue weighted by atomic mass is 10.00. The molecule has 0 aliphatic carbocycles. The smallest absolute Gasteiger partial charge is 0.204 e. The number of rotatable bonds is 9. The molecule has 0 radical (unpaired) electrons. The van der Waals surface area contributed by atoms with Crippen molar-refractivity contribution < 1.29 is 23.0 Å². The topological polar surface area (TPSA) is 27.7 Å². The van der Waals surface area contributed by atoms with Gasteiger partial charge in [0.05, 0.1) is 18.8 Å². The van der Waals surface area contributed by atoms with E-state index in [2.05, 4.69) is 31.2 Å². The Bertz CT molecular complexity index is 1050. The van der Waals surface area contributed by atoms with E-state index >= 15 is 0 Å². The summed E-state index contributed by atoms with van der Waals surface area (Å²) in [6.07, 6.45) is 5.09. The third-order valence-corrected chi connectivity index (χ3v) is 5.99. The Hall–Kier alpha value is -2.92. The molecule has 0 amide bonds. The van der Waals surface area contributed by atoms with Crippen LogP contribution in [0, 0.1) is 11.6 Å². The average Bonchev–Trinajstić information content (AvgIpc) is 3.31. The molecule has 33 heavy (non-hydrogen) atoms. The van der Waals surface area contributed by atoms with Gasteiger partial charge < -0.3 is 14.2 Å². The van der Waals surface area contributed by atoms with Gasteiger partial charge in [0.15, 0.2) is 11.5 Å². The van der Waals surface area contributed by atoms with Crippen LogP contribution in [0.5, 0.6) is 11.5 Å². The molecule has 174 valence electrons. The summed E-state index contributed by atoms with van der Waals surface area (Å²) in [5.41, 5.74) is 4.30. The van der Waals surface area contributed by atoms with Crippen LogP contribution >= 0.6 is 0 Å². The first-order valence-corrected chi connectivity index (χ1v) is 11.7. The molecule has 1 aliphatic rings. The van der Waals surface area contributed by atoms with Crippen molar-refractivity contribution in [2.45, 2.75) is 58.3 Å². The Labute approximate surface area is 194 Å². The fourth-order valence-corrected chi connectivity index (χ4v) is 4.22. The Balaban J connectivity index is 1.36. The van der Waals surface area contributed by atoms with Crippen molar-refractivity contribution >= 4 is 0 Å². The van der Waals surface area contributed by atoms with E-state index in [1.165, 1.54) is 17.7 Å². The maximum atomic E-state index is 14.2. The van der Waals surface area contributed by atoms with E-state index in [9.17, 15) is 8.78 Å². The van der Waals surface area contributed by atoms with Gasteiger partial charge >= 0.3 is 0 Å². The fraction of sp³-hybridized carbons (Fsp3) is 0.357. The Morgan fingerprint density at radius 1 is 0.788 bits per heavy atom. The molecule has 1 saturated heterocycles. The molecule has 0 spiro atoms. The van der Waals surface area contributed by atoms with Crippen molar-refractivity contribution in [3.05, 3.63) is 83.4 Å². The van der Waals surface area contributed by atoms with E-state index in [0.717, 1.165) is 42.4 Å². The van der Waals surface area contributed by atoms with Gasteiger partial charge in [-0.25, -0.2) is 0 Å². The van der Waals surface area contributed by atoms with Gasteiger partial charge in [0.1, 0.15) is 6.61 Å². The summed E-state index contributed by atoms with van der Waals surface area (Å²) in [4.78, 5) is 0. The van der Waals surface area contributed by atoms with E-state index in [1.54, 1.807) is 6.92 Å². The van der Waals surface area contributed by atoms with Gasteiger partial charge in [-0.15, -0.1) is 0 Å². The summed E-state index contributed by atoms with van der Waals surface area (Å²) in [5, 5.41) is 0. The summed E-state index contributed by atoms with van der Waals surface area (Å²) in [7, 11) is 0. The van der Waals surface area contributed by atoms with Crippen LogP contribution in [0.4, 0.5) is 8.78 Å². The SMILES string of the molecule is CCCC1CCC(c2ccc(-c3ccc(COc4ccc(OCC)c(F)c4F)cc3)cc2)O1. The fourth-order valence-electron chi connectivity index (χ4n) is 4.22. The molecule has 2 unspecified atom stereocenters. The van der Waals surface area contributed by atoms with Crippen molar-refractivity contribution in [3.8, 4) is 22.6 Å². The average molecular weight is 453 g/mol. The van der Waals surface area contributed by atoms with E-state index in [1.807, 2.05) is 24.3 Å². The molecule has 0 bridgehead atoms. The van der Waals surface area contributed by atoms with Crippen molar-refractivity contribution in [2.24, 2.45) is 0 Å². The zero-order chi connectivity index (χ0) is 23.2. The summed E-state index contributed by atoms with van der Waals surface area (Å²) < 4.78 is 44.9. The highest BCUT2D eigenvalue weighted by molar-refractivity contribution is 5.64. The van der Waals surface area contributed by atoms with Crippen LogP contribution in [-0.2, 0) is 11.3 Å². The van der Waals surface area contributed by atoms with Crippen LogP contribution in [0.15, 0.2) is 60.7 Å². The first-order chi connectivity index (χ1) is 16.1. The van der Waals surface area contributed by atoms with Crippen LogP contribution in [0.2, 0.25) is 0 Å². The predicted molar refractivity (Wildman–Crippen MR) is 125 cm³/mol. The molecular formula is C28H30F2O3. The number of hydrogen-bond acceptors (Lipinski definition) is 3. The first-order valence-electron chi connectivity index (χ1n) is 11.7. The van der Waals surface area contributed by atoms with Gasteiger partial charge in [0.2, 0.25) is 11.6 Å². The molecule has 3 aromatic rings. The van der Waals surface area contributed by atoms with Crippen LogP contribution < -0.4 is 9.47 Å². The third kappa shape index (κ3) is 5.53. The maximum Gasteiger partial charge on any atom is 0.204 e. The number of hydrogen-bond donors (Lipinski definition) is 0. The standard InChI is InChI=1S/C28H30F2O3/c1-3-5-23-14-15-24(33-23)22-12-10-21(11-13-22)20-8-6-19(7-9-20)18-32-26-17-16-25(31-4-2)27(29)28(26)30/h6-13,16-17,23-24H,3-5,14-15,18H2,1-2H3. The molecule has 3 aromatic carbocycles. The predicted octanol–water partition coefficient (Wildman–Crippen LogP) is 7.63. The zero-order valence-corrected chi connectivity index (χ0v) is 19.2. The molecule has 5 heteroatoms. The van der Waals surface area contributed by atoms with Gasteiger partial charge in [0, 0.05) is 0 Å². The second kappa shape index (κ2) is 10.8. The van der Waals surface area contributed by atoms with Gasteiger partial charge in [-0.05, 0) is 60.6 Å². The molecule has 0 saturated carbocycles. The summed E-state index contributed by atoms with van der Waals surface area (Å²) >= 11 is 0. The van der Waals surface area contributed by atoms with E-state index in [4.69, 9.17) is 14.2 Å². The highest BCUT2D eigenvalue weighted by atomic mass is 19.2. The third-order valence-electron chi connectivity index (χ3n) is 5.99. The number of ether oxygens (including phenoxy) is 3. The number of halogens is 2. The van der Waals surface area contributed by atoms with Crippen LogP contribution in [0.1, 0.15) is 56.8 Å². The van der Waals surface area contributed by atoms with E-state index < -0.39 is 11.6 Å². The van der Waals surface area contributed by atoms with Crippen LogP contribution in [0.3, 0.4) is 0 Å². The van der Waals surface area contributed by atoms with E-state index in [-0.39, 0.29) is 30.8 Å². The molecule has 4 rings (SSSR count). The monoisotopic (exact) mass is 452 g/mol. The molecule has 2 atom stereocenters. The summed E-state index contributed by atoms with van der Waals surface area (Å²) in [6.45, 7) is 4.31. The van der Waals surface area contributed by atoms with E-state index in [0.29, 0.717) is 6.10 Å². The lowest BCUT2D eigenvalue weighted by molar-refractivity contribution is 0.0397. The first kappa shape index (κ1) is 23.2. The molecule has 1 aliphatic heterocycles. The van der Waals surface area contributed by atoms with Crippen LogP contribution in [-0.4, -0.2) is 12.7 Å². The highest BCUT2D eigenvalue weighted by Crippen LogP contribution is 2.35. The molecule has 3 nitrogen and oxygen atoms in total. The van der Waals surface area contributed by atoms with Crippen molar-refractivity contribution in [1.82, 2.24) is 0 Å². The Morgan fingerprint density at radius 3 is 2.00 bits per heavy atom. The quantitative estimate of drug-likeness (QED) is 0.334. The molecular weight excluding hydrogens is 422 g/mol. The Morgan fingerprint density at radius 2 is 1.39 bits per heavy atom. The minimum Gasteiger partial charge on any atom is -0.491 e. The minimum atomic E-state index is -1.04. The van der Waals surface area contributed by atoms with Gasteiger partial charge in [0.25, 0.3) is 0 Å². The van der Waals surface area contributed by atoms with Crippen molar-refractivity contribution in [1.29, 1.82) is 0 Å². The molecule has 1 fully saturated rings. The lowest BCUT2D eigenvalue weighted by Gasteiger charge is -2.14. The highest BCUT2D eigenvalue weighted by Gasteiger charge is 2.25. The van der Waals surface area contributed by atoms with Gasteiger partial charge in [-0.2, -0.15) is 8.78 Å². The van der Waals surface area contributed by atoms with Crippen LogP contribution in [0.25, 0.3) is 11.1 Å². The molecule has 0 aromatic heterocycles. The van der Waals surface area contributed by atoms with Crippen molar-refractivity contribution in [2.75, 3.05) is 6.61 Å². The largest absolute Gasteiger partial charge is 0.491 e. The Kier molecular flexibility index (Phi) is 7.61. The second-order valence-electron chi connectivity index (χ2n) is 8.34. The second-order valence-corrected chi connectivity index (χ2v) is 8.34. The summed E-state index contributed by atoms with van der Waals surface area (Å²) in [5.74, 6) is -2.31. The minimum absolute atomic E-state index is 0.113. The van der Waals surface area contributed by atoms with Gasteiger partial charge in [-0.1, -0.05) is 61.9 Å².